The first-order chi connectivity index (χ1) is 9.60. The van der Waals surface area contributed by atoms with E-state index in [0.29, 0.717) is 11.4 Å². The number of hydrogen-bond acceptors (Lipinski definition) is 4. The summed E-state index contributed by atoms with van der Waals surface area (Å²) >= 11 is 11.5. The van der Waals surface area contributed by atoms with Gasteiger partial charge in [0.25, 0.3) is 5.91 Å². The van der Waals surface area contributed by atoms with Crippen LogP contribution in [0.3, 0.4) is 0 Å². The normalized spacial score (nSPS) is 10.2. The lowest BCUT2D eigenvalue weighted by molar-refractivity contribution is 0.0950. The van der Waals surface area contributed by atoms with Gasteiger partial charge in [-0.05, 0) is 18.2 Å². The molecule has 2 heterocycles. The average molecular weight is 312 g/mol. The molecule has 2 rings (SSSR count). The second kappa shape index (κ2) is 6.54. The molecule has 0 bridgehead atoms. The minimum absolute atomic E-state index is 0.168. The number of hydrogen-bond donors (Lipinski definition) is 1. The molecule has 0 saturated heterocycles. The van der Waals surface area contributed by atoms with Gasteiger partial charge in [-0.2, -0.15) is 0 Å². The standard InChI is InChI=1S/C13H11Cl2N3O2/c1-20-13-8(3-2-4-16-13)7-17-12(19)9-5-10(14)18-11(15)6-9/h2-6H,7H2,1H3,(H,17,19). The molecule has 2 aromatic rings. The summed E-state index contributed by atoms with van der Waals surface area (Å²) in [6.07, 6.45) is 1.62. The molecule has 0 atom stereocenters. The van der Waals surface area contributed by atoms with E-state index in [2.05, 4.69) is 15.3 Å². The Kier molecular flexibility index (Phi) is 4.76. The van der Waals surface area contributed by atoms with Crippen LogP contribution >= 0.6 is 23.2 Å². The second-order valence-corrected chi connectivity index (χ2v) is 4.63. The van der Waals surface area contributed by atoms with E-state index in [4.69, 9.17) is 27.9 Å². The van der Waals surface area contributed by atoms with Crippen molar-refractivity contribution in [3.63, 3.8) is 0 Å². The van der Waals surface area contributed by atoms with Crippen LogP contribution in [0.4, 0.5) is 0 Å². The first-order valence-corrected chi connectivity index (χ1v) is 6.45. The topological polar surface area (TPSA) is 64.1 Å². The molecule has 0 spiro atoms. The van der Waals surface area contributed by atoms with Gasteiger partial charge in [0.1, 0.15) is 10.3 Å². The Morgan fingerprint density at radius 2 is 2.05 bits per heavy atom. The monoisotopic (exact) mass is 311 g/mol. The number of carbonyl (C=O) groups excluding carboxylic acids is 1. The molecule has 1 amide bonds. The van der Waals surface area contributed by atoms with Crippen LogP contribution in [0.2, 0.25) is 10.3 Å². The zero-order valence-electron chi connectivity index (χ0n) is 10.6. The van der Waals surface area contributed by atoms with Gasteiger partial charge in [0.2, 0.25) is 5.88 Å². The Morgan fingerprint density at radius 3 is 2.70 bits per heavy atom. The molecule has 0 aliphatic carbocycles. The van der Waals surface area contributed by atoms with Crippen LogP contribution in [0.1, 0.15) is 15.9 Å². The Morgan fingerprint density at radius 1 is 1.35 bits per heavy atom. The van der Waals surface area contributed by atoms with Crippen molar-refractivity contribution in [2.24, 2.45) is 0 Å². The van der Waals surface area contributed by atoms with Gasteiger partial charge in [-0.3, -0.25) is 4.79 Å². The van der Waals surface area contributed by atoms with E-state index in [1.54, 1.807) is 12.3 Å². The van der Waals surface area contributed by atoms with Crippen molar-refractivity contribution in [3.8, 4) is 5.88 Å². The fourth-order valence-corrected chi connectivity index (χ4v) is 2.08. The third-order valence-corrected chi connectivity index (χ3v) is 2.89. The van der Waals surface area contributed by atoms with Crippen LogP contribution < -0.4 is 10.1 Å². The van der Waals surface area contributed by atoms with Crippen molar-refractivity contribution in [1.82, 2.24) is 15.3 Å². The van der Waals surface area contributed by atoms with Crippen LogP contribution in [-0.4, -0.2) is 23.0 Å². The fourth-order valence-electron chi connectivity index (χ4n) is 1.62. The van der Waals surface area contributed by atoms with Crippen molar-refractivity contribution in [2.45, 2.75) is 6.54 Å². The van der Waals surface area contributed by atoms with E-state index < -0.39 is 0 Å². The van der Waals surface area contributed by atoms with Crippen molar-refractivity contribution in [2.75, 3.05) is 7.11 Å². The minimum atomic E-state index is -0.304. The molecule has 5 nitrogen and oxygen atoms in total. The lowest BCUT2D eigenvalue weighted by atomic mass is 10.2. The number of amides is 1. The summed E-state index contributed by atoms with van der Waals surface area (Å²) in [5.41, 5.74) is 1.12. The van der Waals surface area contributed by atoms with Crippen molar-refractivity contribution >= 4 is 29.1 Å². The van der Waals surface area contributed by atoms with E-state index in [1.165, 1.54) is 19.2 Å². The number of pyridine rings is 2. The lowest BCUT2D eigenvalue weighted by Gasteiger charge is -2.08. The van der Waals surface area contributed by atoms with Gasteiger partial charge >= 0.3 is 0 Å². The Bertz CT molecular complexity index is 615. The summed E-state index contributed by atoms with van der Waals surface area (Å²) in [6.45, 7) is 0.285. The van der Waals surface area contributed by atoms with Gasteiger partial charge in [0.05, 0.1) is 7.11 Å². The number of rotatable bonds is 4. The van der Waals surface area contributed by atoms with Gasteiger partial charge < -0.3 is 10.1 Å². The molecule has 0 unspecified atom stereocenters. The third-order valence-electron chi connectivity index (χ3n) is 2.51. The Balaban J connectivity index is 2.08. The number of nitrogens with zero attached hydrogens (tertiary/aromatic N) is 2. The van der Waals surface area contributed by atoms with Crippen molar-refractivity contribution < 1.29 is 9.53 Å². The van der Waals surface area contributed by atoms with Crippen molar-refractivity contribution in [3.05, 3.63) is 51.9 Å². The first kappa shape index (κ1) is 14.6. The van der Waals surface area contributed by atoms with Crippen molar-refractivity contribution in [1.29, 1.82) is 0 Å². The first-order valence-electron chi connectivity index (χ1n) is 5.69. The van der Waals surface area contributed by atoms with Gasteiger partial charge in [0, 0.05) is 23.9 Å². The number of nitrogens with one attached hydrogen (secondary N) is 1. The molecule has 0 aromatic carbocycles. The van der Waals surface area contributed by atoms with E-state index >= 15 is 0 Å². The number of carbonyl (C=O) groups is 1. The number of methoxy groups -OCH3 is 1. The minimum Gasteiger partial charge on any atom is -0.481 e. The molecule has 0 aliphatic rings. The number of halogens is 2. The predicted molar refractivity (Wildman–Crippen MR) is 76.2 cm³/mol. The van der Waals surface area contributed by atoms with Crippen LogP contribution in [0, 0.1) is 0 Å². The molecule has 2 aromatic heterocycles. The van der Waals surface area contributed by atoms with E-state index in [9.17, 15) is 4.79 Å². The van der Waals surface area contributed by atoms with Crippen LogP contribution in [0.15, 0.2) is 30.5 Å². The highest BCUT2D eigenvalue weighted by Crippen LogP contribution is 2.16. The highest BCUT2D eigenvalue weighted by atomic mass is 35.5. The molecule has 0 radical (unpaired) electrons. The maximum Gasteiger partial charge on any atom is 0.251 e. The summed E-state index contributed by atoms with van der Waals surface area (Å²) in [5, 5.41) is 3.08. The predicted octanol–water partition coefficient (Wildman–Crippen LogP) is 2.72. The zero-order valence-corrected chi connectivity index (χ0v) is 12.1. The molecule has 20 heavy (non-hydrogen) atoms. The SMILES string of the molecule is COc1ncccc1CNC(=O)c1cc(Cl)nc(Cl)c1. The Labute approximate surface area is 125 Å². The van der Waals surface area contributed by atoms with E-state index in [1.807, 2.05) is 6.07 Å². The molecular weight excluding hydrogens is 301 g/mol. The third kappa shape index (κ3) is 3.59. The highest BCUT2D eigenvalue weighted by Gasteiger charge is 2.10. The molecule has 104 valence electrons. The molecule has 0 saturated carbocycles. The van der Waals surface area contributed by atoms with Gasteiger partial charge in [-0.1, -0.05) is 29.3 Å². The number of ether oxygens (including phenoxy) is 1. The largest absolute Gasteiger partial charge is 0.481 e. The van der Waals surface area contributed by atoms with Gasteiger partial charge in [0.15, 0.2) is 0 Å². The fraction of sp³-hybridized carbons (Fsp3) is 0.154. The summed E-state index contributed by atoms with van der Waals surface area (Å²) in [6, 6.07) is 6.48. The average Bonchev–Trinajstić information content (AvgIpc) is 2.44. The summed E-state index contributed by atoms with van der Waals surface area (Å²) in [7, 11) is 1.52. The summed E-state index contributed by atoms with van der Waals surface area (Å²) in [4.78, 5) is 19.8. The van der Waals surface area contributed by atoms with Crippen LogP contribution in [0.25, 0.3) is 0 Å². The summed E-state index contributed by atoms with van der Waals surface area (Å²) < 4.78 is 5.11. The van der Waals surface area contributed by atoms with E-state index in [0.717, 1.165) is 5.56 Å². The molecular formula is C13H11Cl2N3O2. The van der Waals surface area contributed by atoms with Crippen LogP contribution in [-0.2, 0) is 6.54 Å². The Hall–Kier alpha value is -1.85. The molecule has 7 heteroatoms. The van der Waals surface area contributed by atoms with Gasteiger partial charge in [-0.15, -0.1) is 0 Å². The molecule has 0 fully saturated rings. The maximum atomic E-state index is 12.0. The van der Waals surface area contributed by atoms with Crippen LogP contribution in [0.5, 0.6) is 5.88 Å². The summed E-state index contributed by atoms with van der Waals surface area (Å²) in [5.74, 6) is 0.167. The second-order valence-electron chi connectivity index (χ2n) is 3.86. The highest BCUT2D eigenvalue weighted by molar-refractivity contribution is 6.33. The number of aromatic nitrogens is 2. The maximum absolute atomic E-state index is 12.0. The zero-order chi connectivity index (χ0) is 14.5. The molecule has 1 N–H and O–H groups in total. The lowest BCUT2D eigenvalue weighted by Crippen LogP contribution is -2.23. The quantitative estimate of drug-likeness (QED) is 0.882. The van der Waals surface area contributed by atoms with E-state index in [-0.39, 0.29) is 22.8 Å². The van der Waals surface area contributed by atoms with Gasteiger partial charge in [-0.25, -0.2) is 9.97 Å². The smallest absolute Gasteiger partial charge is 0.251 e. The molecule has 0 aliphatic heterocycles.